The van der Waals surface area contributed by atoms with Gasteiger partial charge in [0.1, 0.15) is 12.6 Å². The summed E-state index contributed by atoms with van der Waals surface area (Å²) in [4.78, 5) is 26.5. The van der Waals surface area contributed by atoms with Crippen LogP contribution in [0.25, 0.3) is 0 Å². The Labute approximate surface area is 175 Å². The van der Waals surface area contributed by atoms with Crippen molar-refractivity contribution in [2.24, 2.45) is 5.92 Å². The first-order valence-corrected chi connectivity index (χ1v) is 11.1. The molecule has 1 aliphatic rings. The van der Waals surface area contributed by atoms with Crippen LogP contribution >= 0.6 is 0 Å². The summed E-state index contributed by atoms with van der Waals surface area (Å²) < 4.78 is 5.29. The topological polar surface area (TPSA) is 71.9 Å². The Balaban J connectivity index is 1.75. The molecular weight excluding hydrogens is 366 g/mol. The molecule has 1 aliphatic heterocycles. The second-order valence-electron chi connectivity index (χ2n) is 8.27. The molecule has 1 unspecified atom stereocenters. The Morgan fingerprint density at radius 1 is 1.24 bits per heavy atom. The molecule has 1 aromatic carbocycles. The summed E-state index contributed by atoms with van der Waals surface area (Å²) in [6.45, 7) is 9.46. The van der Waals surface area contributed by atoms with E-state index in [2.05, 4.69) is 17.6 Å². The third kappa shape index (κ3) is 8.05. The maximum atomic E-state index is 12.7. The number of carbonyl (C=O) groups is 2. The summed E-state index contributed by atoms with van der Waals surface area (Å²) in [7, 11) is 0. The molecule has 1 heterocycles. The van der Waals surface area contributed by atoms with Gasteiger partial charge in [-0.05, 0) is 37.7 Å². The standard InChI is InChI=1S/C23H37N3O3/c1-4-18(2)21(25-23(28)29-17-20-12-6-5-7-13-20)22(27)24-14-10-16-26-15-9-8-11-19(26)3/h5-7,12-13,18-19,21H,4,8-11,14-17H2,1-3H3,(H,24,27)(H,25,28)/p+1/t18-,19+,21-/m0/s1. The molecule has 0 aromatic heterocycles. The molecule has 6 heteroatoms. The van der Waals surface area contributed by atoms with Gasteiger partial charge >= 0.3 is 6.09 Å². The van der Waals surface area contributed by atoms with Gasteiger partial charge in [0.25, 0.3) is 0 Å². The zero-order valence-corrected chi connectivity index (χ0v) is 18.2. The lowest BCUT2D eigenvalue weighted by atomic mass is 9.98. The first kappa shape index (κ1) is 23.2. The Morgan fingerprint density at radius 3 is 2.69 bits per heavy atom. The Bertz CT molecular complexity index is 623. The average Bonchev–Trinajstić information content (AvgIpc) is 2.74. The summed E-state index contributed by atoms with van der Waals surface area (Å²) in [5, 5.41) is 5.77. The molecule has 0 aliphatic carbocycles. The van der Waals surface area contributed by atoms with Gasteiger partial charge in [-0.2, -0.15) is 0 Å². The number of piperidine rings is 1. The zero-order chi connectivity index (χ0) is 21.1. The van der Waals surface area contributed by atoms with Crippen molar-refractivity contribution in [1.29, 1.82) is 0 Å². The van der Waals surface area contributed by atoms with Crippen molar-refractivity contribution in [3.05, 3.63) is 35.9 Å². The number of hydrogen-bond acceptors (Lipinski definition) is 3. The first-order chi connectivity index (χ1) is 14.0. The van der Waals surface area contributed by atoms with Gasteiger partial charge in [0.05, 0.1) is 19.1 Å². The van der Waals surface area contributed by atoms with Crippen LogP contribution < -0.4 is 15.5 Å². The van der Waals surface area contributed by atoms with Crippen molar-refractivity contribution in [2.45, 2.75) is 71.6 Å². The largest absolute Gasteiger partial charge is 0.445 e. The lowest BCUT2D eigenvalue weighted by Gasteiger charge is -2.30. The maximum absolute atomic E-state index is 12.7. The van der Waals surface area contributed by atoms with Crippen molar-refractivity contribution in [1.82, 2.24) is 10.6 Å². The minimum Gasteiger partial charge on any atom is -0.445 e. The number of benzene rings is 1. The number of nitrogens with one attached hydrogen (secondary N) is 3. The van der Waals surface area contributed by atoms with Gasteiger partial charge in [-0.1, -0.05) is 50.6 Å². The molecule has 0 bridgehead atoms. The predicted octanol–water partition coefficient (Wildman–Crippen LogP) is 2.29. The minimum absolute atomic E-state index is 0.0343. The predicted molar refractivity (Wildman–Crippen MR) is 115 cm³/mol. The van der Waals surface area contributed by atoms with E-state index >= 15 is 0 Å². The number of alkyl carbamates (subject to hydrolysis) is 1. The average molecular weight is 405 g/mol. The second-order valence-corrected chi connectivity index (χ2v) is 8.27. The van der Waals surface area contributed by atoms with Gasteiger partial charge in [0.15, 0.2) is 0 Å². The van der Waals surface area contributed by atoms with E-state index in [9.17, 15) is 9.59 Å². The minimum atomic E-state index is -0.579. The van der Waals surface area contributed by atoms with Crippen molar-refractivity contribution in [2.75, 3.05) is 19.6 Å². The number of rotatable bonds is 10. The van der Waals surface area contributed by atoms with Gasteiger partial charge in [-0.25, -0.2) is 4.79 Å². The van der Waals surface area contributed by atoms with Crippen LogP contribution in [0.1, 0.15) is 58.4 Å². The van der Waals surface area contributed by atoms with Crippen molar-refractivity contribution < 1.29 is 19.2 Å². The molecule has 1 aromatic rings. The van der Waals surface area contributed by atoms with E-state index in [1.54, 1.807) is 4.90 Å². The molecule has 2 amide bonds. The zero-order valence-electron chi connectivity index (χ0n) is 18.2. The molecule has 6 nitrogen and oxygen atoms in total. The van der Waals surface area contributed by atoms with Gasteiger partial charge in [-0.3, -0.25) is 4.79 Å². The summed E-state index contributed by atoms with van der Waals surface area (Å²) in [6.07, 6.45) is 5.14. The number of carbonyl (C=O) groups excluding carboxylic acids is 2. The quantitative estimate of drug-likeness (QED) is 0.524. The summed E-state index contributed by atoms with van der Waals surface area (Å²) >= 11 is 0. The molecule has 0 spiro atoms. The van der Waals surface area contributed by atoms with E-state index in [1.165, 1.54) is 25.8 Å². The maximum Gasteiger partial charge on any atom is 0.408 e. The highest BCUT2D eigenvalue weighted by Gasteiger charge is 2.26. The van der Waals surface area contributed by atoms with Crippen molar-refractivity contribution in [3.63, 3.8) is 0 Å². The highest BCUT2D eigenvalue weighted by Crippen LogP contribution is 2.09. The summed E-state index contributed by atoms with van der Waals surface area (Å²) in [6, 6.07) is 9.66. The summed E-state index contributed by atoms with van der Waals surface area (Å²) in [5.41, 5.74) is 0.918. The second kappa shape index (κ2) is 12.5. The molecule has 29 heavy (non-hydrogen) atoms. The lowest BCUT2D eigenvalue weighted by molar-refractivity contribution is -0.928. The van der Waals surface area contributed by atoms with Crippen LogP contribution in [0.5, 0.6) is 0 Å². The van der Waals surface area contributed by atoms with Crippen LogP contribution in [-0.4, -0.2) is 43.7 Å². The molecular formula is C23H38N3O3+. The molecule has 162 valence electrons. The Kier molecular flexibility index (Phi) is 9.98. The van der Waals surface area contributed by atoms with E-state index < -0.39 is 12.1 Å². The number of ether oxygens (including phenoxy) is 1. The summed E-state index contributed by atoms with van der Waals surface area (Å²) in [5.74, 6) is -0.0929. The smallest absolute Gasteiger partial charge is 0.408 e. The first-order valence-electron chi connectivity index (χ1n) is 11.1. The molecule has 4 atom stereocenters. The SMILES string of the molecule is CC[C@H](C)[C@H](NC(=O)OCc1ccccc1)C(=O)NCCC[NH+]1CCCC[C@H]1C. The molecule has 0 radical (unpaired) electrons. The Hall–Kier alpha value is -2.08. The van der Waals surface area contributed by atoms with Crippen LogP contribution in [0.2, 0.25) is 0 Å². The van der Waals surface area contributed by atoms with Gasteiger partial charge in [0.2, 0.25) is 5.91 Å². The van der Waals surface area contributed by atoms with Crippen LogP contribution in [0.3, 0.4) is 0 Å². The monoisotopic (exact) mass is 404 g/mol. The van der Waals surface area contributed by atoms with Gasteiger partial charge in [-0.15, -0.1) is 0 Å². The fourth-order valence-electron chi connectivity index (χ4n) is 3.86. The van der Waals surface area contributed by atoms with E-state index in [1.807, 2.05) is 44.2 Å². The molecule has 2 rings (SSSR count). The van der Waals surface area contributed by atoms with Crippen LogP contribution in [0.15, 0.2) is 30.3 Å². The van der Waals surface area contributed by atoms with Crippen LogP contribution in [0.4, 0.5) is 4.79 Å². The molecule has 3 N–H and O–H groups in total. The van der Waals surface area contributed by atoms with E-state index in [4.69, 9.17) is 4.74 Å². The number of quaternary nitrogens is 1. The van der Waals surface area contributed by atoms with Crippen LogP contribution in [0, 0.1) is 5.92 Å². The third-order valence-electron chi connectivity index (χ3n) is 6.04. The number of amides is 2. The molecule has 1 fully saturated rings. The highest BCUT2D eigenvalue weighted by atomic mass is 16.5. The normalized spacial score (nSPS) is 21.1. The number of hydrogen-bond donors (Lipinski definition) is 3. The fraction of sp³-hybridized carbons (Fsp3) is 0.652. The lowest BCUT2D eigenvalue weighted by Crippen LogP contribution is -3.16. The van der Waals surface area contributed by atoms with E-state index in [0.29, 0.717) is 12.6 Å². The van der Waals surface area contributed by atoms with Crippen molar-refractivity contribution in [3.8, 4) is 0 Å². The van der Waals surface area contributed by atoms with E-state index in [-0.39, 0.29) is 18.4 Å². The molecule has 1 saturated heterocycles. The van der Waals surface area contributed by atoms with Crippen LogP contribution in [-0.2, 0) is 16.1 Å². The number of likely N-dealkylation sites (tertiary alicyclic amines) is 1. The van der Waals surface area contributed by atoms with Gasteiger partial charge in [0, 0.05) is 13.0 Å². The van der Waals surface area contributed by atoms with Crippen molar-refractivity contribution >= 4 is 12.0 Å². The van der Waals surface area contributed by atoms with E-state index in [0.717, 1.165) is 24.9 Å². The highest BCUT2D eigenvalue weighted by molar-refractivity contribution is 5.85. The Morgan fingerprint density at radius 2 is 2.00 bits per heavy atom. The molecule has 0 saturated carbocycles. The fourth-order valence-corrected chi connectivity index (χ4v) is 3.86. The van der Waals surface area contributed by atoms with Gasteiger partial charge < -0.3 is 20.3 Å². The third-order valence-corrected chi connectivity index (χ3v) is 6.04.